The molecule has 2 aromatic rings. The molecule has 2 nitrogen and oxygen atoms in total. The average molecular weight is 282 g/mol. The Bertz CT molecular complexity index is 586. The highest BCUT2D eigenvalue weighted by molar-refractivity contribution is 5.82. The molecule has 1 aromatic heterocycles. The zero-order valence-corrected chi connectivity index (χ0v) is 13.2. The first-order chi connectivity index (χ1) is 10.3. The number of hydrogen-bond donors (Lipinski definition) is 1. The van der Waals surface area contributed by atoms with Crippen LogP contribution in [-0.2, 0) is 0 Å². The summed E-state index contributed by atoms with van der Waals surface area (Å²) in [5.41, 5.74) is 2.67. The number of benzene rings is 1. The number of aromatic nitrogens is 1. The van der Waals surface area contributed by atoms with Crippen molar-refractivity contribution in [3.8, 4) is 0 Å². The first kappa shape index (κ1) is 14.5. The van der Waals surface area contributed by atoms with E-state index in [4.69, 9.17) is 0 Å². The predicted molar refractivity (Wildman–Crippen MR) is 89.5 cm³/mol. The summed E-state index contributed by atoms with van der Waals surface area (Å²) in [5, 5.41) is 4.93. The molecule has 0 amide bonds. The third-order valence-corrected chi connectivity index (χ3v) is 4.68. The third-order valence-electron chi connectivity index (χ3n) is 4.68. The van der Waals surface area contributed by atoms with Gasteiger partial charge in [-0.15, -0.1) is 0 Å². The standard InChI is InChI=1S/C19H26N2/c1-14(2)12-20-13-16-7-4-9-17(16)18-10-3-6-15-8-5-11-21-19(15)18/h3,5-6,8,10-11,14,16-17,20H,4,7,9,12-13H2,1-2H3. The van der Waals surface area contributed by atoms with Gasteiger partial charge in [0.1, 0.15) is 0 Å². The normalized spacial score (nSPS) is 22.2. The van der Waals surface area contributed by atoms with E-state index in [-0.39, 0.29) is 0 Å². The van der Waals surface area contributed by atoms with E-state index in [2.05, 4.69) is 48.4 Å². The highest BCUT2D eigenvalue weighted by atomic mass is 14.9. The Balaban J connectivity index is 1.80. The lowest BCUT2D eigenvalue weighted by Gasteiger charge is -2.22. The molecule has 1 aromatic carbocycles. The van der Waals surface area contributed by atoms with Crippen molar-refractivity contribution in [3.63, 3.8) is 0 Å². The molecule has 2 unspecified atom stereocenters. The highest BCUT2D eigenvalue weighted by Gasteiger charge is 2.29. The Labute approximate surface area is 128 Å². The van der Waals surface area contributed by atoms with Crippen molar-refractivity contribution < 1.29 is 0 Å². The smallest absolute Gasteiger partial charge is 0.0736 e. The SMILES string of the molecule is CC(C)CNCC1CCCC1c1cccc2cccnc12. The second-order valence-corrected chi connectivity index (χ2v) is 6.77. The van der Waals surface area contributed by atoms with Crippen LogP contribution in [0.2, 0.25) is 0 Å². The molecule has 0 radical (unpaired) electrons. The summed E-state index contributed by atoms with van der Waals surface area (Å²) in [6.45, 7) is 6.81. The topological polar surface area (TPSA) is 24.9 Å². The van der Waals surface area contributed by atoms with Gasteiger partial charge in [-0.1, -0.05) is 44.5 Å². The van der Waals surface area contributed by atoms with Crippen molar-refractivity contribution in [2.24, 2.45) is 11.8 Å². The lowest BCUT2D eigenvalue weighted by molar-refractivity contribution is 0.426. The number of nitrogens with one attached hydrogen (secondary N) is 1. The second-order valence-electron chi connectivity index (χ2n) is 6.77. The van der Waals surface area contributed by atoms with Gasteiger partial charge in [-0.2, -0.15) is 0 Å². The summed E-state index contributed by atoms with van der Waals surface area (Å²) in [7, 11) is 0. The van der Waals surface area contributed by atoms with Gasteiger partial charge in [0.15, 0.2) is 0 Å². The maximum Gasteiger partial charge on any atom is 0.0736 e. The summed E-state index contributed by atoms with van der Waals surface area (Å²) >= 11 is 0. The van der Waals surface area contributed by atoms with Crippen LogP contribution in [-0.4, -0.2) is 18.1 Å². The van der Waals surface area contributed by atoms with E-state index in [1.54, 1.807) is 0 Å². The van der Waals surface area contributed by atoms with E-state index in [0.29, 0.717) is 5.92 Å². The maximum atomic E-state index is 4.65. The van der Waals surface area contributed by atoms with Gasteiger partial charge in [0.25, 0.3) is 0 Å². The molecule has 0 spiro atoms. The second kappa shape index (κ2) is 6.57. The van der Waals surface area contributed by atoms with Gasteiger partial charge in [-0.25, -0.2) is 0 Å². The van der Waals surface area contributed by atoms with Crippen LogP contribution >= 0.6 is 0 Å². The van der Waals surface area contributed by atoms with Crippen LogP contribution in [0.25, 0.3) is 10.9 Å². The van der Waals surface area contributed by atoms with Gasteiger partial charge in [-0.3, -0.25) is 4.98 Å². The fourth-order valence-electron chi connectivity index (χ4n) is 3.68. The zero-order valence-electron chi connectivity index (χ0n) is 13.2. The molecule has 1 N–H and O–H groups in total. The summed E-state index contributed by atoms with van der Waals surface area (Å²) < 4.78 is 0. The fraction of sp³-hybridized carbons (Fsp3) is 0.526. The maximum absolute atomic E-state index is 4.65. The Kier molecular flexibility index (Phi) is 4.54. The van der Waals surface area contributed by atoms with E-state index in [0.717, 1.165) is 24.9 Å². The van der Waals surface area contributed by atoms with Crippen molar-refractivity contribution >= 4 is 10.9 Å². The van der Waals surface area contributed by atoms with Crippen LogP contribution < -0.4 is 5.32 Å². The number of rotatable bonds is 5. The molecule has 1 aliphatic rings. The van der Waals surface area contributed by atoms with E-state index in [1.165, 1.54) is 35.7 Å². The number of para-hydroxylation sites is 1. The molecule has 1 fully saturated rings. The van der Waals surface area contributed by atoms with Gasteiger partial charge in [0, 0.05) is 11.6 Å². The van der Waals surface area contributed by atoms with Gasteiger partial charge in [0.2, 0.25) is 0 Å². The lowest BCUT2D eigenvalue weighted by atomic mass is 9.87. The van der Waals surface area contributed by atoms with Crippen molar-refractivity contribution in [1.29, 1.82) is 0 Å². The molecule has 0 bridgehead atoms. The summed E-state index contributed by atoms with van der Waals surface area (Å²) in [6.07, 6.45) is 5.93. The van der Waals surface area contributed by atoms with E-state index in [1.807, 2.05) is 12.3 Å². The van der Waals surface area contributed by atoms with Crippen LogP contribution in [0.1, 0.15) is 44.6 Å². The van der Waals surface area contributed by atoms with E-state index < -0.39 is 0 Å². The largest absolute Gasteiger partial charge is 0.316 e. The Morgan fingerprint density at radius 1 is 1.19 bits per heavy atom. The molecular weight excluding hydrogens is 256 g/mol. The minimum absolute atomic E-state index is 0.670. The molecule has 1 heterocycles. The van der Waals surface area contributed by atoms with Crippen molar-refractivity contribution in [3.05, 3.63) is 42.1 Å². The van der Waals surface area contributed by atoms with Crippen LogP contribution in [0.5, 0.6) is 0 Å². The first-order valence-corrected chi connectivity index (χ1v) is 8.30. The molecule has 21 heavy (non-hydrogen) atoms. The number of hydrogen-bond acceptors (Lipinski definition) is 2. The van der Waals surface area contributed by atoms with Crippen LogP contribution in [0.3, 0.4) is 0 Å². The quantitative estimate of drug-likeness (QED) is 0.881. The summed E-state index contributed by atoms with van der Waals surface area (Å²) in [6, 6.07) is 10.9. The van der Waals surface area contributed by atoms with Gasteiger partial charge < -0.3 is 5.32 Å². The molecule has 2 atom stereocenters. The Morgan fingerprint density at radius 2 is 2.05 bits per heavy atom. The van der Waals surface area contributed by atoms with Gasteiger partial charge in [0.05, 0.1) is 5.52 Å². The monoisotopic (exact) mass is 282 g/mol. The first-order valence-electron chi connectivity index (χ1n) is 8.30. The minimum Gasteiger partial charge on any atom is -0.316 e. The number of pyridine rings is 1. The Morgan fingerprint density at radius 3 is 2.90 bits per heavy atom. The molecule has 1 aliphatic carbocycles. The molecule has 2 heteroatoms. The third kappa shape index (κ3) is 3.26. The fourth-order valence-corrected chi connectivity index (χ4v) is 3.68. The van der Waals surface area contributed by atoms with Crippen LogP contribution in [0, 0.1) is 11.8 Å². The lowest BCUT2D eigenvalue weighted by Crippen LogP contribution is -2.27. The Hall–Kier alpha value is -1.41. The molecular formula is C19H26N2. The molecule has 3 rings (SSSR count). The number of nitrogens with zero attached hydrogens (tertiary/aromatic N) is 1. The zero-order chi connectivity index (χ0) is 14.7. The van der Waals surface area contributed by atoms with E-state index >= 15 is 0 Å². The molecule has 0 saturated heterocycles. The van der Waals surface area contributed by atoms with Crippen molar-refractivity contribution in [2.45, 2.75) is 39.0 Å². The van der Waals surface area contributed by atoms with Crippen LogP contribution in [0.4, 0.5) is 0 Å². The van der Waals surface area contributed by atoms with Crippen molar-refractivity contribution in [1.82, 2.24) is 10.3 Å². The van der Waals surface area contributed by atoms with Gasteiger partial charge in [-0.05, 0) is 55.3 Å². The molecule has 0 aliphatic heterocycles. The van der Waals surface area contributed by atoms with Crippen LogP contribution in [0.15, 0.2) is 36.5 Å². The predicted octanol–water partition coefficient (Wildman–Crippen LogP) is 4.36. The minimum atomic E-state index is 0.670. The summed E-state index contributed by atoms with van der Waals surface area (Å²) in [4.78, 5) is 4.65. The highest BCUT2D eigenvalue weighted by Crippen LogP contribution is 2.41. The summed E-state index contributed by atoms with van der Waals surface area (Å²) in [5.74, 6) is 2.16. The molecule has 112 valence electrons. The average Bonchev–Trinajstić information content (AvgIpc) is 2.94. The van der Waals surface area contributed by atoms with E-state index in [9.17, 15) is 0 Å². The number of fused-ring (bicyclic) bond motifs is 1. The molecule has 1 saturated carbocycles. The van der Waals surface area contributed by atoms with Gasteiger partial charge >= 0.3 is 0 Å². The van der Waals surface area contributed by atoms with Crippen molar-refractivity contribution in [2.75, 3.05) is 13.1 Å².